The van der Waals surface area contributed by atoms with Crippen molar-refractivity contribution in [3.8, 4) is 17.2 Å². The van der Waals surface area contributed by atoms with Crippen molar-refractivity contribution < 1.29 is 80.7 Å². The molecule has 0 aliphatic carbocycles. The van der Waals surface area contributed by atoms with Gasteiger partial charge in [0.25, 0.3) is 0 Å². The van der Waals surface area contributed by atoms with Gasteiger partial charge < -0.3 is 11.3 Å². The first-order chi connectivity index (χ1) is 10.2. The molecule has 23 heavy (non-hydrogen) atoms. The molecule has 0 aliphatic heterocycles. The average Bonchev–Trinajstić information content (AvgIpc) is 2.39. The molecule has 0 spiro atoms. The predicted octanol–water partition coefficient (Wildman–Crippen LogP) is 1.88. The summed E-state index contributed by atoms with van der Waals surface area (Å²) in [6, 6.07) is 6.11. The molecular formula is C13H8ClF3KNO4. The quantitative estimate of drug-likeness (QED) is 0.506. The number of nitro benzene ring substituents is 1. The Labute approximate surface area is 177 Å². The summed E-state index contributed by atoms with van der Waals surface area (Å²) in [6.07, 6.45) is -4.64. The summed E-state index contributed by atoms with van der Waals surface area (Å²) >= 11 is 5.65. The van der Waals surface area contributed by atoms with Crippen LogP contribution in [0.1, 0.15) is 6.99 Å². The zero-order chi connectivity index (χ0) is 16.5. The first kappa shape index (κ1) is 20.2. The second-order valence-corrected chi connectivity index (χ2v) is 4.50. The first-order valence-electron chi connectivity index (χ1n) is 5.71. The Morgan fingerprint density at radius 3 is 2.43 bits per heavy atom. The maximum absolute atomic E-state index is 12.7. The van der Waals surface area contributed by atoms with E-state index >= 15 is 0 Å². The molecule has 2 rings (SSSR count). The number of halogens is 4. The van der Waals surface area contributed by atoms with E-state index in [1.165, 1.54) is 6.07 Å². The van der Waals surface area contributed by atoms with Gasteiger partial charge in [-0.3, -0.25) is 10.1 Å². The fourth-order valence-corrected chi connectivity index (χ4v) is 1.93. The van der Waals surface area contributed by atoms with Crippen LogP contribution in [-0.4, -0.2) is 10.0 Å². The van der Waals surface area contributed by atoms with E-state index in [2.05, 4.69) is 0 Å². The SMILES string of the molecule is O=[N+]([O-])c1ccc(Oc2cccc(C(F)(F)F)c2Cl)cc1O.[H-].[K+]. The van der Waals surface area contributed by atoms with Crippen LogP contribution in [0.2, 0.25) is 5.02 Å². The van der Waals surface area contributed by atoms with E-state index in [0.717, 1.165) is 30.3 Å². The van der Waals surface area contributed by atoms with E-state index in [9.17, 15) is 28.4 Å². The molecule has 118 valence electrons. The number of rotatable bonds is 3. The number of phenolic OH excluding ortho intramolecular Hbond substituents is 1. The van der Waals surface area contributed by atoms with Gasteiger partial charge in [-0.05, 0) is 18.2 Å². The molecule has 1 N–H and O–H groups in total. The van der Waals surface area contributed by atoms with E-state index in [-0.39, 0.29) is 64.3 Å². The molecule has 0 fully saturated rings. The molecule has 10 heteroatoms. The van der Waals surface area contributed by atoms with E-state index in [1.807, 2.05) is 0 Å². The maximum atomic E-state index is 12.7. The smallest absolute Gasteiger partial charge is 1.00 e. The van der Waals surface area contributed by atoms with Crippen LogP contribution >= 0.6 is 11.6 Å². The minimum Gasteiger partial charge on any atom is -1.00 e. The molecule has 0 unspecified atom stereocenters. The molecule has 2 aromatic rings. The molecule has 0 aromatic heterocycles. The largest absolute Gasteiger partial charge is 1.00 e. The third kappa shape index (κ3) is 4.81. The summed E-state index contributed by atoms with van der Waals surface area (Å²) in [4.78, 5) is 9.75. The van der Waals surface area contributed by atoms with Crippen molar-refractivity contribution in [3.05, 3.63) is 57.1 Å². The Hall–Kier alpha value is -0.844. The number of hydrogen-bond donors (Lipinski definition) is 1. The number of aromatic hydroxyl groups is 1. The zero-order valence-corrected chi connectivity index (χ0v) is 15.5. The van der Waals surface area contributed by atoms with Crippen molar-refractivity contribution in [1.29, 1.82) is 0 Å². The first-order valence-corrected chi connectivity index (χ1v) is 6.09. The second-order valence-electron chi connectivity index (χ2n) is 4.13. The fourth-order valence-electron chi connectivity index (χ4n) is 1.66. The van der Waals surface area contributed by atoms with Crippen molar-refractivity contribution in [2.24, 2.45) is 0 Å². The number of ether oxygens (including phenoxy) is 1. The van der Waals surface area contributed by atoms with E-state index in [1.54, 1.807) is 0 Å². The van der Waals surface area contributed by atoms with Crippen LogP contribution < -0.4 is 56.1 Å². The van der Waals surface area contributed by atoms with Crippen molar-refractivity contribution in [2.75, 3.05) is 0 Å². The van der Waals surface area contributed by atoms with Gasteiger partial charge in [0.05, 0.1) is 15.5 Å². The van der Waals surface area contributed by atoms with Crippen molar-refractivity contribution in [3.63, 3.8) is 0 Å². The molecule has 2 aromatic carbocycles. The molecule has 0 saturated carbocycles. The Balaban J connectivity index is 0.00000264. The van der Waals surface area contributed by atoms with Gasteiger partial charge in [-0.2, -0.15) is 13.2 Å². The average molecular weight is 374 g/mol. The van der Waals surface area contributed by atoms with Crippen molar-refractivity contribution in [1.82, 2.24) is 0 Å². The molecule has 0 heterocycles. The van der Waals surface area contributed by atoms with Gasteiger partial charge in [0, 0.05) is 12.1 Å². The van der Waals surface area contributed by atoms with Crippen LogP contribution in [-0.2, 0) is 6.18 Å². The van der Waals surface area contributed by atoms with Gasteiger partial charge in [-0.15, -0.1) is 0 Å². The standard InChI is InChI=1S/C13H7ClF3NO4.K.H/c14-12-8(13(15,16)17)2-1-3-11(12)22-7-4-5-9(18(20)21)10(19)6-7;;/h1-6,19H;;/q;+1;-1. The summed E-state index contributed by atoms with van der Waals surface area (Å²) in [5.41, 5.74) is -1.62. The molecule has 0 bridgehead atoms. The summed E-state index contributed by atoms with van der Waals surface area (Å²) in [5, 5.41) is 19.4. The predicted molar refractivity (Wildman–Crippen MR) is 72.4 cm³/mol. The van der Waals surface area contributed by atoms with Crippen LogP contribution in [0.5, 0.6) is 17.2 Å². The van der Waals surface area contributed by atoms with Crippen LogP contribution in [0.3, 0.4) is 0 Å². The summed E-state index contributed by atoms with van der Waals surface area (Å²) in [7, 11) is 0. The molecule has 0 atom stereocenters. The number of nitrogens with zero attached hydrogens (tertiary/aromatic N) is 1. The number of benzene rings is 2. The topological polar surface area (TPSA) is 72.6 Å². The molecule has 0 amide bonds. The number of hydrogen-bond acceptors (Lipinski definition) is 4. The Kier molecular flexibility index (Phi) is 6.87. The molecule has 5 nitrogen and oxygen atoms in total. The molecule has 0 saturated heterocycles. The van der Waals surface area contributed by atoms with Gasteiger partial charge in [-0.1, -0.05) is 17.7 Å². The van der Waals surface area contributed by atoms with Gasteiger partial charge >= 0.3 is 63.2 Å². The summed E-state index contributed by atoms with van der Waals surface area (Å²) in [6.45, 7) is 0. The van der Waals surface area contributed by atoms with Crippen LogP contribution in [0, 0.1) is 10.1 Å². The van der Waals surface area contributed by atoms with E-state index < -0.39 is 33.1 Å². The van der Waals surface area contributed by atoms with Crippen LogP contribution in [0.25, 0.3) is 0 Å². The Morgan fingerprint density at radius 2 is 1.91 bits per heavy atom. The van der Waals surface area contributed by atoms with Crippen LogP contribution in [0.4, 0.5) is 18.9 Å². The Bertz CT molecular complexity index is 746. The zero-order valence-electron chi connectivity index (χ0n) is 12.6. The fraction of sp³-hybridized carbons (Fsp3) is 0.0769. The third-order valence-corrected chi connectivity index (χ3v) is 3.03. The summed E-state index contributed by atoms with van der Waals surface area (Å²) < 4.78 is 43.3. The minimum absolute atomic E-state index is 0. The van der Waals surface area contributed by atoms with Crippen LogP contribution in [0.15, 0.2) is 36.4 Å². The Morgan fingerprint density at radius 1 is 1.26 bits per heavy atom. The number of alkyl halides is 3. The monoisotopic (exact) mass is 373 g/mol. The van der Waals surface area contributed by atoms with Gasteiger partial charge in [0.2, 0.25) is 0 Å². The molecule has 0 aliphatic rings. The second kappa shape index (κ2) is 7.82. The van der Waals surface area contributed by atoms with Gasteiger partial charge in [0.1, 0.15) is 11.5 Å². The molecular weight excluding hydrogens is 366 g/mol. The van der Waals surface area contributed by atoms with E-state index in [4.69, 9.17) is 16.3 Å². The van der Waals surface area contributed by atoms with Gasteiger partial charge in [-0.25, -0.2) is 0 Å². The van der Waals surface area contributed by atoms with Crippen molar-refractivity contribution >= 4 is 17.3 Å². The van der Waals surface area contributed by atoms with E-state index in [0.29, 0.717) is 0 Å². The maximum Gasteiger partial charge on any atom is 1.00 e. The van der Waals surface area contributed by atoms with Gasteiger partial charge in [0.15, 0.2) is 5.75 Å². The number of phenols is 1. The minimum atomic E-state index is -4.64. The normalized spacial score (nSPS) is 10.8. The summed E-state index contributed by atoms with van der Waals surface area (Å²) in [5.74, 6) is -1.06. The van der Waals surface area contributed by atoms with Crippen molar-refractivity contribution in [2.45, 2.75) is 6.18 Å². The molecule has 0 radical (unpaired) electrons. The number of nitro groups is 1. The third-order valence-electron chi connectivity index (χ3n) is 2.64.